The molecule has 1 aromatic rings. The van der Waals surface area contributed by atoms with E-state index in [0.29, 0.717) is 18.8 Å². The summed E-state index contributed by atoms with van der Waals surface area (Å²) < 4.78 is 26.1. The van der Waals surface area contributed by atoms with Crippen molar-refractivity contribution in [2.45, 2.75) is 6.42 Å². The molecule has 0 saturated heterocycles. The van der Waals surface area contributed by atoms with Gasteiger partial charge in [-0.1, -0.05) is 0 Å². The zero-order valence-electron chi connectivity index (χ0n) is 10.4. The van der Waals surface area contributed by atoms with Crippen LogP contribution in [0.5, 0.6) is 0 Å². The van der Waals surface area contributed by atoms with Crippen molar-refractivity contribution in [2.75, 3.05) is 30.5 Å². The lowest BCUT2D eigenvalue weighted by Crippen LogP contribution is -2.19. The Morgan fingerprint density at radius 2 is 2.21 bits per heavy atom. The number of carbonyl (C=O) groups is 1. The van der Waals surface area contributed by atoms with Gasteiger partial charge in [0.1, 0.15) is 5.82 Å². The van der Waals surface area contributed by atoms with Gasteiger partial charge in [0, 0.05) is 12.7 Å². The number of carbonyl (C=O) groups excluding carboxylic acids is 1. The highest BCUT2D eigenvalue weighted by atomic mass is 32.2. The molecule has 0 aromatic carbocycles. The minimum absolute atomic E-state index is 0.142. The number of primary sulfonamides is 1. The third-order valence-electron chi connectivity index (χ3n) is 2.29. The van der Waals surface area contributed by atoms with Crippen molar-refractivity contribution in [1.29, 1.82) is 0 Å². The van der Waals surface area contributed by atoms with Crippen LogP contribution in [0.25, 0.3) is 0 Å². The van der Waals surface area contributed by atoms with Crippen molar-refractivity contribution < 1.29 is 17.9 Å². The Hall–Kier alpha value is -1.87. The van der Waals surface area contributed by atoms with Gasteiger partial charge in [-0.05, 0) is 12.5 Å². The maximum Gasteiger partial charge on any atom is 0.340 e. The maximum atomic E-state index is 11.4. The second-order valence-corrected chi connectivity index (χ2v) is 5.49. The van der Waals surface area contributed by atoms with Gasteiger partial charge in [0.25, 0.3) is 0 Å². The van der Waals surface area contributed by atoms with Crippen LogP contribution in [0.4, 0.5) is 11.5 Å². The fraction of sp³-hybridized carbons (Fsp3) is 0.400. The molecule has 0 spiro atoms. The summed E-state index contributed by atoms with van der Waals surface area (Å²) in [5, 5.41) is 7.71. The van der Waals surface area contributed by atoms with Crippen LogP contribution in [-0.2, 0) is 14.8 Å². The molecular weight excluding hydrogens is 272 g/mol. The molecule has 0 fully saturated rings. The number of methoxy groups -OCH3 is 1. The zero-order chi connectivity index (χ0) is 14.5. The number of nitrogens with zero attached hydrogens (tertiary/aromatic N) is 1. The molecule has 1 rings (SSSR count). The molecule has 0 aliphatic heterocycles. The van der Waals surface area contributed by atoms with E-state index in [4.69, 9.17) is 10.9 Å². The van der Waals surface area contributed by atoms with Gasteiger partial charge in [0.05, 0.1) is 24.1 Å². The molecule has 19 heavy (non-hydrogen) atoms. The first-order valence-corrected chi connectivity index (χ1v) is 7.14. The fourth-order valence-corrected chi connectivity index (χ4v) is 1.93. The molecule has 1 aromatic heterocycles. The average Bonchev–Trinajstić information content (AvgIpc) is 2.34. The summed E-state index contributed by atoms with van der Waals surface area (Å²) in [5.41, 5.74) is 6.12. The molecule has 106 valence electrons. The first-order chi connectivity index (χ1) is 8.85. The number of anilines is 2. The lowest BCUT2D eigenvalue weighted by atomic mass is 10.2. The number of nitrogens with two attached hydrogens (primary N) is 2. The van der Waals surface area contributed by atoms with Gasteiger partial charge >= 0.3 is 5.97 Å². The van der Waals surface area contributed by atoms with Crippen LogP contribution >= 0.6 is 0 Å². The van der Waals surface area contributed by atoms with Gasteiger partial charge in [0.15, 0.2) is 0 Å². The third-order valence-corrected chi connectivity index (χ3v) is 3.15. The van der Waals surface area contributed by atoms with Crippen molar-refractivity contribution in [3.8, 4) is 0 Å². The molecule has 0 aliphatic carbocycles. The van der Waals surface area contributed by atoms with E-state index < -0.39 is 16.0 Å². The molecule has 0 aliphatic rings. The number of rotatable bonds is 6. The molecule has 0 amide bonds. The van der Waals surface area contributed by atoms with E-state index in [9.17, 15) is 13.2 Å². The third kappa shape index (κ3) is 4.72. The summed E-state index contributed by atoms with van der Waals surface area (Å²) in [4.78, 5) is 15.4. The Bertz CT molecular complexity index is 559. The number of hydrogen-bond acceptors (Lipinski definition) is 7. The minimum Gasteiger partial charge on any atom is -0.465 e. The quantitative estimate of drug-likeness (QED) is 0.475. The van der Waals surface area contributed by atoms with Crippen LogP contribution in [0.1, 0.15) is 16.8 Å². The molecule has 8 nitrogen and oxygen atoms in total. The maximum absolute atomic E-state index is 11.4. The van der Waals surface area contributed by atoms with E-state index in [2.05, 4.69) is 15.0 Å². The second kappa shape index (κ2) is 6.34. The van der Waals surface area contributed by atoms with Crippen LogP contribution in [0.3, 0.4) is 0 Å². The normalized spacial score (nSPS) is 11.1. The van der Waals surface area contributed by atoms with Crippen molar-refractivity contribution in [1.82, 2.24) is 4.98 Å². The molecule has 0 saturated carbocycles. The Labute approximate surface area is 111 Å². The number of ether oxygens (including phenoxy) is 1. The summed E-state index contributed by atoms with van der Waals surface area (Å²) in [6, 6.07) is 1.44. The predicted molar refractivity (Wildman–Crippen MR) is 71.1 cm³/mol. The molecule has 9 heteroatoms. The Kier molecular flexibility index (Phi) is 5.07. The highest BCUT2D eigenvalue weighted by molar-refractivity contribution is 7.89. The van der Waals surface area contributed by atoms with Crippen molar-refractivity contribution in [3.63, 3.8) is 0 Å². The molecule has 0 radical (unpaired) electrons. The van der Waals surface area contributed by atoms with E-state index in [1.165, 1.54) is 19.4 Å². The van der Waals surface area contributed by atoms with E-state index in [-0.39, 0.29) is 17.0 Å². The van der Waals surface area contributed by atoms with E-state index >= 15 is 0 Å². The number of nitrogens with one attached hydrogen (secondary N) is 1. The largest absolute Gasteiger partial charge is 0.465 e. The fourth-order valence-electron chi connectivity index (χ4n) is 1.38. The van der Waals surface area contributed by atoms with Crippen molar-refractivity contribution in [3.05, 3.63) is 17.8 Å². The average molecular weight is 288 g/mol. The predicted octanol–water partition coefficient (Wildman–Crippen LogP) is -0.459. The van der Waals surface area contributed by atoms with Gasteiger partial charge < -0.3 is 15.8 Å². The van der Waals surface area contributed by atoms with Crippen LogP contribution in [0.15, 0.2) is 12.3 Å². The smallest absolute Gasteiger partial charge is 0.340 e. The van der Waals surface area contributed by atoms with Gasteiger partial charge in [-0.2, -0.15) is 0 Å². The number of aromatic nitrogens is 1. The molecular formula is C10H16N4O4S. The van der Waals surface area contributed by atoms with E-state index in [1.54, 1.807) is 0 Å². The number of nitrogen functional groups attached to an aromatic ring is 1. The first kappa shape index (κ1) is 15.2. The topological polar surface area (TPSA) is 137 Å². The summed E-state index contributed by atoms with van der Waals surface area (Å²) in [5.74, 6) is -0.402. The van der Waals surface area contributed by atoms with Gasteiger partial charge in [-0.15, -0.1) is 0 Å². The number of pyridine rings is 1. The number of esters is 1. The molecule has 0 unspecified atom stereocenters. The minimum atomic E-state index is -3.48. The molecule has 0 bridgehead atoms. The summed E-state index contributed by atoms with van der Waals surface area (Å²) in [7, 11) is -2.23. The Morgan fingerprint density at radius 3 is 2.79 bits per heavy atom. The van der Waals surface area contributed by atoms with Crippen LogP contribution in [0.2, 0.25) is 0 Å². The van der Waals surface area contributed by atoms with Crippen LogP contribution in [0, 0.1) is 0 Å². The van der Waals surface area contributed by atoms with E-state index in [1.807, 2.05) is 0 Å². The summed E-state index contributed by atoms with van der Waals surface area (Å²) in [6.07, 6.45) is 1.72. The van der Waals surface area contributed by atoms with Gasteiger partial charge in [-0.3, -0.25) is 0 Å². The molecule has 5 N–H and O–H groups in total. The lowest BCUT2D eigenvalue weighted by molar-refractivity contribution is 0.0602. The van der Waals surface area contributed by atoms with Crippen LogP contribution < -0.4 is 16.2 Å². The molecule has 0 atom stereocenters. The second-order valence-electron chi connectivity index (χ2n) is 3.76. The Balaban J connectivity index is 2.67. The lowest BCUT2D eigenvalue weighted by Gasteiger charge is -2.10. The summed E-state index contributed by atoms with van der Waals surface area (Å²) in [6.45, 7) is 0.318. The van der Waals surface area contributed by atoms with Crippen LogP contribution in [-0.4, -0.2) is 38.8 Å². The summed E-state index contributed by atoms with van der Waals surface area (Å²) >= 11 is 0. The molecule has 1 heterocycles. The Morgan fingerprint density at radius 1 is 1.53 bits per heavy atom. The standard InChI is InChI=1S/C10H16N4O4S/c1-18-10(15)7-3-5-14-9(8(7)11)13-4-2-6-19(12,16)17/h3,5H,2,4,6,11H2,1H3,(H,13,14)(H2,12,16,17). The number of sulfonamides is 1. The highest BCUT2D eigenvalue weighted by Crippen LogP contribution is 2.20. The monoisotopic (exact) mass is 288 g/mol. The van der Waals surface area contributed by atoms with Gasteiger partial charge in [-0.25, -0.2) is 23.3 Å². The van der Waals surface area contributed by atoms with Gasteiger partial charge in [0.2, 0.25) is 10.0 Å². The van der Waals surface area contributed by atoms with E-state index in [0.717, 1.165) is 0 Å². The van der Waals surface area contributed by atoms with Crippen molar-refractivity contribution >= 4 is 27.5 Å². The highest BCUT2D eigenvalue weighted by Gasteiger charge is 2.13. The number of hydrogen-bond donors (Lipinski definition) is 3. The van der Waals surface area contributed by atoms with Crippen molar-refractivity contribution in [2.24, 2.45) is 5.14 Å². The first-order valence-electron chi connectivity index (χ1n) is 5.42. The SMILES string of the molecule is COC(=O)c1ccnc(NCCCS(N)(=O)=O)c1N. The zero-order valence-corrected chi connectivity index (χ0v) is 11.2.